The molecule has 0 radical (unpaired) electrons. The van der Waals surface area contributed by atoms with Crippen molar-refractivity contribution in [2.75, 3.05) is 0 Å². The van der Waals surface area contributed by atoms with Crippen LogP contribution in [0, 0.1) is 5.82 Å². The van der Waals surface area contributed by atoms with E-state index in [0.717, 1.165) is 10.9 Å². The van der Waals surface area contributed by atoms with Crippen molar-refractivity contribution in [1.29, 1.82) is 0 Å². The standard InChI is InChI=1S/C15H18FNO2/c1-9(2)17-12-8-11(16)6-5-10(12)7-13(17)15(3,4)14(18)19/h5-9H,1-4H3,(H,18,19). The largest absolute Gasteiger partial charge is 0.481 e. The van der Waals surface area contributed by atoms with Crippen molar-refractivity contribution in [3.8, 4) is 0 Å². The van der Waals surface area contributed by atoms with E-state index in [9.17, 15) is 14.3 Å². The summed E-state index contributed by atoms with van der Waals surface area (Å²) >= 11 is 0. The number of carboxylic acid groups (broad SMARTS) is 1. The molecule has 3 nitrogen and oxygen atoms in total. The lowest BCUT2D eigenvalue weighted by atomic mass is 9.89. The van der Waals surface area contributed by atoms with Gasteiger partial charge >= 0.3 is 5.97 Å². The number of aliphatic carboxylic acids is 1. The quantitative estimate of drug-likeness (QED) is 0.917. The molecular formula is C15H18FNO2. The number of aromatic nitrogens is 1. The molecule has 0 aliphatic carbocycles. The van der Waals surface area contributed by atoms with Gasteiger partial charge in [-0.3, -0.25) is 4.79 Å². The Hall–Kier alpha value is -1.84. The molecule has 0 saturated heterocycles. The summed E-state index contributed by atoms with van der Waals surface area (Å²) in [5.74, 6) is -1.20. The van der Waals surface area contributed by atoms with Crippen molar-refractivity contribution in [2.45, 2.75) is 39.2 Å². The molecule has 0 aliphatic heterocycles. The number of hydrogen-bond donors (Lipinski definition) is 1. The zero-order valence-electron chi connectivity index (χ0n) is 11.6. The molecule has 0 spiro atoms. The third-order valence-corrected chi connectivity index (χ3v) is 3.50. The summed E-state index contributed by atoms with van der Waals surface area (Å²) < 4.78 is 15.3. The highest BCUT2D eigenvalue weighted by Gasteiger charge is 2.34. The maximum Gasteiger partial charge on any atom is 0.315 e. The van der Waals surface area contributed by atoms with E-state index in [-0.39, 0.29) is 11.9 Å². The topological polar surface area (TPSA) is 42.2 Å². The van der Waals surface area contributed by atoms with Crippen LogP contribution in [0.1, 0.15) is 39.4 Å². The minimum absolute atomic E-state index is 0.0629. The highest BCUT2D eigenvalue weighted by molar-refractivity contribution is 5.86. The summed E-state index contributed by atoms with van der Waals surface area (Å²) in [6.07, 6.45) is 0. The molecule has 2 aromatic rings. The first-order valence-electron chi connectivity index (χ1n) is 6.29. The van der Waals surface area contributed by atoms with E-state index < -0.39 is 11.4 Å². The van der Waals surface area contributed by atoms with Crippen LogP contribution in [0.15, 0.2) is 24.3 Å². The number of rotatable bonds is 3. The fourth-order valence-corrected chi connectivity index (χ4v) is 2.34. The van der Waals surface area contributed by atoms with Gasteiger partial charge in [0.25, 0.3) is 0 Å². The second kappa shape index (κ2) is 4.37. The van der Waals surface area contributed by atoms with Crippen molar-refractivity contribution in [3.05, 3.63) is 35.8 Å². The van der Waals surface area contributed by atoms with Gasteiger partial charge in [-0.1, -0.05) is 0 Å². The lowest BCUT2D eigenvalue weighted by molar-refractivity contribution is -0.142. The molecule has 0 saturated carbocycles. The number of carboxylic acids is 1. The van der Waals surface area contributed by atoms with Crippen LogP contribution in [-0.4, -0.2) is 15.6 Å². The molecule has 1 aromatic carbocycles. The maximum absolute atomic E-state index is 13.4. The number of hydrogen-bond acceptors (Lipinski definition) is 1. The van der Waals surface area contributed by atoms with Gasteiger partial charge in [0.05, 0.1) is 5.52 Å². The van der Waals surface area contributed by atoms with E-state index in [1.165, 1.54) is 12.1 Å². The van der Waals surface area contributed by atoms with Crippen molar-refractivity contribution in [1.82, 2.24) is 4.57 Å². The van der Waals surface area contributed by atoms with E-state index in [4.69, 9.17) is 0 Å². The second-order valence-electron chi connectivity index (χ2n) is 5.63. The molecule has 0 bridgehead atoms. The second-order valence-corrected chi connectivity index (χ2v) is 5.63. The zero-order valence-corrected chi connectivity index (χ0v) is 11.6. The number of carbonyl (C=O) groups is 1. The first kappa shape index (κ1) is 13.6. The Balaban J connectivity index is 2.81. The Morgan fingerprint density at radius 3 is 2.47 bits per heavy atom. The van der Waals surface area contributed by atoms with E-state index >= 15 is 0 Å². The molecule has 1 heterocycles. The molecule has 102 valence electrons. The van der Waals surface area contributed by atoms with Crippen LogP contribution in [0.2, 0.25) is 0 Å². The van der Waals surface area contributed by atoms with Gasteiger partial charge in [-0.05, 0) is 52.0 Å². The van der Waals surface area contributed by atoms with E-state index in [0.29, 0.717) is 5.69 Å². The Kier molecular flexibility index (Phi) is 3.12. The average Bonchev–Trinajstić information content (AvgIpc) is 2.67. The fourth-order valence-electron chi connectivity index (χ4n) is 2.34. The lowest BCUT2D eigenvalue weighted by Crippen LogP contribution is -2.31. The van der Waals surface area contributed by atoms with Crippen molar-refractivity contribution < 1.29 is 14.3 Å². The molecule has 0 atom stereocenters. The van der Waals surface area contributed by atoms with Crippen molar-refractivity contribution in [3.63, 3.8) is 0 Å². The van der Waals surface area contributed by atoms with Crippen LogP contribution >= 0.6 is 0 Å². The van der Waals surface area contributed by atoms with Gasteiger partial charge in [0.15, 0.2) is 0 Å². The molecule has 4 heteroatoms. The highest BCUT2D eigenvalue weighted by atomic mass is 19.1. The van der Waals surface area contributed by atoms with Gasteiger partial charge in [0.1, 0.15) is 11.2 Å². The maximum atomic E-state index is 13.4. The molecule has 0 aliphatic rings. The van der Waals surface area contributed by atoms with E-state index in [1.54, 1.807) is 19.9 Å². The predicted octanol–water partition coefficient (Wildman–Crippen LogP) is 3.72. The van der Waals surface area contributed by atoms with Crippen molar-refractivity contribution >= 4 is 16.9 Å². The van der Waals surface area contributed by atoms with Gasteiger partial charge < -0.3 is 9.67 Å². The van der Waals surface area contributed by atoms with Gasteiger partial charge in [0, 0.05) is 17.1 Å². The molecule has 19 heavy (non-hydrogen) atoms. The zero-order chi connectivity index (χ0) is 14.4. The number of halogens is 1. The Morgan fingerprint density at radius 2 is 1.95 bits per heavy atom. The van der Waals surface area contributed by atoms with Gasteiger partial charge in [-0.25, -0.2) is 4.39 Å². The van der Waals surface area contributed by atoms with Crippen LogP contribution < -0.4 is 0 Å². The summed E-state index contributed by atoms with van der Waals surface area (Å²) in [5, 5.41) is 10.3. The summed E-state index contributed by atoms with van der Waals surface area (Å²) in [7, 11) is 0. The number of benzene rings is 1. The molecule has 2 rings (SSSR count). The van der Waals surface area contributed by atoms with Crippen LogP contribution in [0.25, 0.3) is 10.9 Å². The number of fused-ring (bicyclic) bond motifs is 1. The Morgan fingerprint density at radius 1 is 1.32 bits per heavy atom. The van der Waals surface area contributed by atoms with E-state index in [2.05, 4.69) is 0 Å². The van der Waals surface area contributed by atoms with Gasteiger partial charge in [-0.2, -0.15) is 0 Å². The predicted molar refractivity (Wildman–Crippen MR) is 72.9 cm³/mol. The molecular weight excluding hydrogens is 245 g/mol. The van der Waals surface area contributed by atoms with Gasteiger partial charge in [0.2, 0.25) is 0 Å². The minimum atomic E-state index is -1.01. The summed E-state index contributed by atoms with van der Waals surface area (Å²) in [4.78, 5) is 11.5. The van der Waals surface area contributed by atoms with Crippen LogP contribution in [0.4, 0.5) is 4.39 Å². The van der Waals surface area contributed by atoms with E-state index in [1.807, 2.05) is 24.5 Å². The molecule has 1 N–H and O–H groups in total. The third-order valence-electron chi connectivity index (χ3n) is 3.50. The first-order valence-corrected chi connectivity index (χ1v) is 6.29. The van der Waals surface area contributed by atoms with Crippen molar-refractivity contribution in [2.24, 2.45) is 0 Å². The van der Waals surface area contributed by atoms with Crippen LogP contribution in [0.3, 0.4) is 0 Å². The summed E-state index contributed by atoms with van der Waals surface area (Å²) in [6.45, 7) is 7.26. The molecule has 1 aromatic heterocycles. The molecule has 0 amide bonds. The van der Waals surface area contributed by atoms with Gasteiger partial charge in [-0.15, -0.1) is 0 Å². The summed E-state index contributed by atoms with van der Waals surface area (Å²) in [6, 6.07) is 6.43. The normalized spacial score (nSPS) is 12.3. The average molecular weight is 263 g/mol. The Bertz CT molecular complexity index is 641. The SMILES string of the molecule is CC(C)n1c(C(C)(C)C(=O)O)cc2ccc(F)cc21. The minimum Gasteiger partial charge on any atom is -0.481 e. The molecule has 0 fully saturated rings. The highest BCUT2D eigenvalue weighted by Crippen LogP contribution is 2.33. The molecule has 0 unspecified atom stereocenters. The number of nitrogens with zero attached hydrogens (tertiary/aromatic N) is 1. The fraction of sp³-hybridized carbons (Fsp3) is 0.400. The third kappa shape index (κ3) is 2.11. The smallest absolute Gasteiger partial charge is 0.315 e. The monoisotopic (exact) mass is 263 g/mol. The first-order chi connectivity index (χ1) is 8.75. The Labute approximate surface area is 111 Å². The lowest BCUT2D eigenvalue weighted by Gasteiger charge is -2.24. The van der Waals surface area contributed by atoms with Crippen LogP contribution in [0.5, 0.6) is 0 Å². The van der Waals surface area contributed by atoms with Crippen LogP contribution in [-0.2, 0) is 10.2 Å². The summed E-state index contributed by atoms with van der Waals surface area (Å²) in [5.41, 5.74) is 0.412.